The normalized spacial score (nSPS) is 14.2. The third-order valence-corrected chi connectivity index (χ3v) is 4.90. The molecule has 2 heterocycles. The van der Waals surface area contributed by atoms with Crippen molar-refractivity contribution < 1.29 is 67.4 Å². The van der Waals surface area contributed by atoms with Crippen molar-refractivity contribution in [3.63, 3.8) is 0 Å². The number of hydrogen-bond donors (Lipinski definition) is 2. The first-order valence-electron chi connectivity index (χ1n) is 9.90. The molecule has 1 aromatic heterocycles. The van der Waals surface area contributed by atoms with Crippen molar-refractivity contribution in [2.45, 2.75) is 38.6 Å². The fourth-order valence-corrected chi connectivity index (χ4v) is 3.38. The first-order valence-corrected chi connectivity index (χ1v) is 9.90. The molecular weight excluding hydrogens is 397 g/mol. The van der Waals surface area contributed by atoms with Crippen molar-refractivity contribution in [1.29, 1.82) is 0 Å². The van der Waals surface area contributed by atoms with Gasteiger partial charge in [0.1, 0.15) is 18.0 Å². The molecule has 0 amide bonds. The number of nitrogens with zero attached hydrogens (tertiary/aromatic N) is 4. The predicted octanol–water partition coefficient (Wildman–Crippen LogP) is -0.574. The Morgan fingerprint density at radius 3 is 2.83 bits per heavy atom. The fourth-order valence-electron chi connectivity index (χ4n) is 3.38. The molecule has 1 aliphatic heterocycles. The van der Waals surface area contributed by atoms with E-state index in [2.05, 4.69) is 38.6 Å². The van der Waals surface area contributed by atoms with Crippen LogP contribution in [0.1, 0.15) is 38.5 Å². The predicted molar refractivity (Wildman–Crippen MR) is 108 cm³/mol. The van der Waals surface area contributed by atoms with Gasteiger partial charge in [0, 0.05) is 20.1 Å². The molecule has 8 nitrogen and oxygen atoms in total. The summed E-state index contributed by atoms with van der Waals surface area (Å²) in [5.74, 6) is 0.978. The van der Waals surface area contributed by atoms with Gasteiger partial charge in [0.2, 0.25) is 5.95 Å². The van der Waals surface area contributed by atoms with Crippen LogP contribution in [0.25, 0.3) is 0 Å². The largest absolute Gasteiger partial charge is 1.00 e. The van der Waals surface area contributed by atoms with Crippen LogP contribution in [-0.2, 0) is 24.8 Å². The van der Waals surface area contributed by atoms with Crippen molar-refractivity contribution >= 4 is 11.9 Å². The van der Waals surface area contributed by atoms with Crippen molar-refractivity contribution in [1.82, 2.24) is 19.7 Å². The first kappa shape index (κ1) is 24.3. The third kappa shape index (κ3) is 7.99. The SMILES string of the molecule is Cn1c(CC(=O)O)nnc1NCCCOc1cccc(CN2CCCCC2)c1.[H-].[K+]. The van der Waals surface area contributed by atoms with Crippen molar-refractivity contribution in [2.24, 2.45) is 7.05 Å². The van der Waals surface area contributed by atoms with Crippen molar-refractivity contribution in [3.05, 3.63) is 35.7 Å². The number of rotatable bonds is 10. The van der Waals surface area contributed by atoms with Crippen LogP contribution in [0.2, 0.25) is 0 Å². The van der Waals surface area contributed by atoms with Gasteiger partial charge in [-0.25, -0.2) is 0 Å². The van der Waals surface area contributed by atoms with E-state index in [4.69, 9.17) is 9.84 Å². The zero-order valence-electron chi connectivity index (χ0n) is 18.4. The first-order chi connectivity index (χ1) is 13.6. The van der Waals surface area contributed by atoms with E-state index in [1.165, 1.54) is 37.9 Å². The maximum Gasteiger partial charge on any atom is 1.00 e. The number of anilines is 1. The maximum absolute atomic E-state index is 10.8. The van der Waals surface area contributed by atoms with Crippen LogP contribution in [-0.4, -0.2) is 57.0 Å². The van der Waals surface area contributed by atoms with Gasteiger partial charge in [0.15, 0.2) is 0 Å². The van der Waals surface area contributed by atoms with Gasteiger partial charge in [-0.3, -0.25) is 9.69 Å². The molecule has 0 aliphatic carbocycles. The van der Waals surface area contributed by atoms with E-state index in [9.17, 15) is 4.79 Å². The molecule has 1 fully saturated rings. The Hall–Kier alpha value is -0.974. The van der Waals surface area contributed by atoms with E-state index in [0.717, 1.165) is 18.7 Å². The van der Waals surface area contributed by atoms with E-state index < -0.39 is 5.97 Å². The van der Waals surface area contributed by atoms with E-state index in [1.54, 1.807) is 11.6 Å². The molecule has 1 aromatic carbocycles. The number of carboxylic acid groups (broad SMARTS) is 1. The monoisotopic (exact) mass is 427 g/mol. The van der Waals surface area contributed by atoms with E-state index in [0.29, 0.717) is 24.9 Å². The minimum atomic E-state index is -0.919. The molecule has 0 saturated carbocycles. The second-order valence-corrected chi connectivity index (χ2v) is 7.18. The maximum atomic E-state index is 10.8. The Morgan fingerprint density at radius 2 is 2.07 bits per heavy atom. The molecule has 1 saturated heterocycles. The summed E-state index contributed by atoms with van der Waals surface area (Å²) in [5.41, 5.74) is 1.29. The van der Waals surface area contributed by atoms with E-state index in [-0.39, 0.29) is 59.2 Å². The number of nitrogens with one attached hydrogen (secondary N) is 1. The van der Waals surface area contributed by atoms with Crippen LogP contribution in [0.3, 0.4) is 0 Å². The molecule has 0 bridgehead atoms. The van der Waals surface area contributed by atoms with Crippen LogP contribution in [0.15, 0.2) is 24.3 Å². The zero-order valence-corrected chi connectivity index (χ0v) is 20.6. The molecule has 9 heteroatoms. The summed E-state index contributed by atoms with van der Waals surface area (Å²) in [5, 5.41) is 19.9. The van der Waals surface area contributed by atoms with Crippen molar-refractivity contribution in [2.75, 3.05) is 31.6 Å². The van der Waals surface area contributed by atoms with Gasteiger partial charge in [-0.1, -0.05) is 18.6 Å². The van der Waals surface area contributed by atoms with Gasteiger partial charge in [-0.05, 0) is 50.0 Å². The molecule has 1 aliphatic rings. The van der Waals surface area contributed by atoms with Crippen LogP contribution in [0.5, 0.6) is 5.75 Å². The Balaban J connectivity index is 0.00000225. The van der Waals surface area contributed by atoms with Gasteiger partial charge in [-0.15, -0.1) is 10.2 Å². The number of likely N-dealkylation sites (tertiary alicyclic amines) is 1. The Bertz CT molecular complexity index is 784. The summed E-state index contributed by atoms with van der Waals surface area (Å²) in [6, 6.07) is 8.33. The summed E-state index contributed by atoms with van der Waals surface area (Å²) in [6.07, 6.45) is 4.61. The van der Waals surface area contributed by atoms with Crippen molar-refractivity contribution in [3.8, 4) is 5.75 Å². The number of benzene rings is 1. The zero-order chi connectivity index (χ0) is 19.8. The third-order valence-electron chi connectivity index (χ3n) is 4.90. The molecule has 154 valence electrons. The second kappa shape index (κ2) is 12.7. The second-order valence-electron chi connectivity index (χ2n) is 7.18. The van der Waals surface area contributed by atoms with Gasteiger partial charge in [0.05, 0.1) is 6.61 Å². The molecule has 0 radical (unpaired) electrons. The van der Waals surface area contributed by atoms with E-state index >= 15 is 0 Å². The van der Waals surface area contributed by atoms with Crippen LogP contribution in [0.4, 0.5) is 5.95 Å². The number of ether oxygens (including phenoxy) is 1. The number of hydrogen-bond acceptors (Lipinski definition) is 6. The van der Waals surface area contributed by atoms with Gasteiger partial charge in [0.25, 0.3) is 0 Å². The summed E-state index contributed by atoms with van der Waals surface area (Å²) in [7, 11) is 1.75. The van der Waals surface area contributed by atoms with E-state index in [1.807, 2.05) is 6.07 Å². The minimum absolute atomic E-state index is 0. The molecular formula is C20H30KN5O3. The smallest absolute Gasteiger partial charge is 1.00 e. The average molecular weight is 428 g/mol. The van der Waals surface area contributed by atoms with Gasteiger partial charge >= 0.3 is 57.4 Å². The van der Waals surface area contributed by atoms with Crippen LogP contribution in [0, 0.1) is 0 Å². The Kier molecular flexibility index (Phi) is 10.6. The van der Waals surface area contributed by atoms with Crippen LogP contribution < -0.4 is 61.4 Å². The Labute approximate surface area is 215 Å². The molecule has 0 atom stereocenters. The summed E-state index contributed by atoms with van der Waals surface area (Å²) >= 11 is 0. The molecule has 2 aromatic rings. The number of carbonyl (C=O) groups is 1. The van der Waals surface area contributed by atoms with Crippen LogP contribution >= 0.6 is 0 Å². The standard InChI is InChI=1S/C20H29N5O3.K.H/c1-24-18(14-19(26)27)22-23-20(24)21-9-6-12-28-17-8-5-7-16(13-17)15-25-10-3-2-4-11-25;;/h5,7-8,13H,2-4,6,9-12,14-15H2,1H3,(H,21,23)(H,26,27);;/q;+1;-1. The number of piperidine rings is 1. The quantitative estimate of drug-likeness (QED) is 0.387. The molecule has 3 rings (SSSR count). The van der Waals surface area contributed by atoms with Gasteiger partial charge < -0.3 is 21.2 Å². The fraction of sp³-hybridized carbons (Fsp3) is 0.550. The number of aromatic nitrogens is 3. The molecule has 29 heavy (non-hydrogen) atoms. The molecule has 2 N–H and O–H groups in total. The number of carboxylic acids is 1. The minimum Gasteiger partial charge on any atom is -1.00 e. The van der Waals surface area contributed by atoms with Gasteiger partial charge in [-0.2, -0.15) is 0 Å². The average Bonchev–Trinajstić information content (AvgIpc) is 3.02. The molecule has 0 unspecified atom stereocenters. The Morgan fingerprint density at radius 1 is 1.28 bits per heavy atom. The number of aliphatic carboxylic acids is 1. The summed E-state index contributed by atoms with van der Waals surface area (Å²) in [6.45, 7) is 4.63. The molecule has 0 spiro atoms. The topological polar surface area (TPSA) is 92.5 Å². The summed E-state index contributed by atoms with van der Waals surface area (Å²) < 4.78 is 7.55. The summed E-state index contributed by atoms with van der Waals surface area (Å²) in [4.78, 5) is 13.3.